The van der Waals surface area contributed by atoms with Crippen LogP contribution in [-0.4, -0.2) is 11.3 Å². The van der Waals surface area contributed by atoms with Crippen molar-refractivity contribution < 1.29 is 4.79 Å². The summed E-state index contributed by atoms with van der Waals surface area (Å²) in [4.78, 5) is 15.2. The summed E-state index contributed by atoms with van der Waals surface area (Å²) >= 11 is 1.44. The van der Waals surface area contributed by atoms with Crippen LogP contribution in [0.5, 0.6) is 0 Å². The first-order valence-electron chi connectivity index (χ1n) is 6.55. The number of nitrogens with two attached hydrogens (primary N) is 1. The minimum atomic E-state index is 0.573. The number of nitrogen functional groups attached to an aromatic ring is 1. The number of nitrogens with zero attached hydrogens (tertiary/aromatic N) is 1. The van der Waals surface area contributed by atoms with E-state index in [-0.39, 0.29) is 0 Å². The first-order chi connectivity index (χ1) is 10.2. The van der Waals surface area contributed by atoms with Gasteiger partial charge in [-0.05, 0) is 29.7 Å². The van der Waals surface area contributed by atoms with Crippen LogP contribution in [0.1, 0.15) is 15.9 Å². The first kappa shape index (κ1) is 13.5. The van der Waals surface area contributed by atoms with Gasteiger partial charge >= 0.3 is 0 Å². The van der Waals surface area contributed by atoms with Gasteiger partial charge in [0, 0.05) is 16.5 Å². The van der Waals surface area contributed by atoms with Gasteiger partial charge in [0.1, 0.15) is 6.29 Å². The number of hydrogen-bond acceptors (Lipinski definition) is 4. The Morgan fingerprint density at radius 1 is 1.10 bits per heavy atom. The molecule has 0 spiro atoms. The molecular formula is C17H14N2OS. The molecule has 0 radical (unpaired) electrons. The minimum absolute atomic E-state index is 0.573. The number of benzene rings is 2. The van der Waals surface area contributed by atoms with E-state index < -0.39 is 0 Å². The molecule has 4 heteroatoms. The van der Waals surface area contributed by atoms with Crippen LogP contribution in [0.3, 0.4) is 0 Å². The van der Waals surface area contributed by atoms with E-state index in [1.807, 2.05) is 54.8 Å². The molecule has 1 heterocycles. The van der Waals surface area contributed by atoms with Crippen molar-refractivity contribution in [2.75, 3.05) is 5.73 Å². The van der Waals surface area contributed by atoms with Crippen molar-refractivity contribution in [3.05, 3.63) is 59.0 Å². The highest BCUT2D eigenvalue weighted by atomic mass is 32.1. The fraction of sp³-hybridized carbons (Fsp3) is 0.0588. The Labute approximate surface area is 127 Å². The van der Waals surface area contributed by atoms with Crippen LogP contribution in [0, 0.1) is 6.92 Å². The number of anilines is 1. The van der Waals surface area contributed by atoms with Crippen molar-refractivity contribution in [2.24, 2.45) is 0 Å². The number of rotatable bonds is 3. The van der Waals surface area contributed by atoms with Crippen LogP contribution in [0.15, 0.2) is 47.8 Å². The molecule has 0 aliphatic carbocycles. The largest absolute Gasteiger partial charge is 0.375 e. The van der Waals surface area contributed by atoms with Gasteiger partial charge < -0.3 is 5.73 Å². The monoisotopic (exact) mass is 294 g/mol. The van der Waals surface area contributed by atoms with Gasteiger partial charge in [-0.15, -0.1) is 11.3 Å². The highest BCUT2D eigenvalue weighted by molar-refractivity contribution is 7.13. The number of aromatic nitrogens is 1. The van der Waals surface area contributed by atoms with Crippen LogP contribution >= 0.6 is 11.3 Å². The smallest absolute Gasteiger partial charge is 0.180 e. The van der Waals surface area contributed by atoms with E-state index >= 15 is 0 Å². The van der Waals surface area contributed by atoms with E-state index in [1.54, 1.807) is 0 Å². The predicted octanol–water partition coefficient (Wildman–Crippen LogP) is 4.18. The molecule has 3 rings (SSSR count). The molecule has 104 valence electrons. The molecule has 0 saturated heterocycles. The molecule has 0 amide bonds. The van der Waals surface area contributed by atoms with Gasteiger partial charge in [0.2, 0.25) is 0 Å². The van der Waals surface area contributed by atoms with E-state index in [2.05, 4.69) is 4.98 Å². The zero-order valence-corrected chi connectivity index (χ0v) is 12.4. The van der Waals surface area contributed by atoms with E-state index in [0.29, 0.717) is 10.7 Å². The molecule has 1 aromatic heterocycles. The van der Waals surface area contributed by atoms with Crippen LogP contribution in [0.2, 0.25) is 0 Å². The lowest BCUT2D eigenvalue weighted by molar-refractivity contribution is 0.112. The third-order valence-electron chi connectivity index (χ3n) is 3.41. The number of aldehydes is 1. The summed E-state index contributed by atoms with van der Waals surface area (Å²) in [5.74, 6) is 0. The summed E-state index contributed by atoms with van der Waals surface area (Å²) < 4.78 is 0. The molecule has 2 N–H and O–H groups in total. The first-order valence-corrected chi connectivity index (χ1v) is 7.43. The molecule has 3 nitrogen and oxygen atoms in total. The van der Waals surface area contributed by atoms with Crippen LogP contribution in [0.4, 0.5) is 5.13 Å². The fourth-order valence-electron chi connectivity index (χ4n) is 2.26. The Hall–Kier alpha value is -2.46. The van der Waals surface area contributed by atoms with Gasteiger partial charge in [0.25, 0.3) is 0 Å². The van der Waals surface area contributed by atoms with Crippen molar-refractivity contribution in [2.45, 2.75) is 6.92 Å². The quantitative estimate of drug-likeness (QED) is 0.737. The minimum Gasteiger partial charge on any atom is -0.375 e. The Balaban J connectivity index is 1.99. The zero-order valence-electron chi connectivity index (χ0n) is 11.5. The molecule has 0 aliphatic rings. The van der Waals surface area contributed by atoms with Crippen LogP contribution in [0.25, 0.3) is 22.4 Å². The maximum absolute atomic E-state index is 10.9. The van der Waals surface area contributed by atoms with Gasteiger partial charge in [-0.2, -0.15) is 0 Å². The normalized spacial score (nSPS) is 10.5. The zero-order chi connectivity index (χ0) is 14.8. The summed E-state index contributed by atoms with van der Waals surface area (Å²) in [7, 11) is 0. The highest BCUT2D eigenvalue weighted by Gasteiger charge is 2.06. The van der Waals surface area contributed by atoms with E-state index in [0.717, 1.165) is 34.2 Å². The molecule has 2 aromatic carbocycles. The van der Waals surface area contributed by atoms with Crippen molar-refractivity contribution >= 4 is 22.8 Å². The van der Waals surface area contributed by atoms with Gasteiger partial charge in [0.05, 0.1) is 5.69 Å². The van der Waals surface area contributed by atoms with Crippen LogP contribution in [-0.2, 0) is 0 Å². The lowest BCUT2D eigenvalue weighted by Gasteiger charge is -2.07. The summed E-state index contributed by atoms with van der Waals surface area (Å²) in [6.07, 6.45) is 0.870. The third-order valence-corrected chi connectivity index (χ3v) is 4.09. The Morgan fingerprint density at radius 3 is 2.43 bits per heavy atom. The summed E-state index contributed by atoms with van der Waals surface area (Å²) in [5.41, 5.74) is 11.6. The summed E-state index contributed by atoms with van der Waals surface area (Å²) in [5, 5.41) is 2.52. The maximum Gasteiger partial charge on any atom is 0.180 e. The second-order valence-corrected chi connectivity index (χ2v) is 5.73. The molecule has 0 fully saturated rings. The standard InChI is InChI=1S/C17H14N2OS/c1-11-2-3-12(9-20)8-15(11)13-4-6-14(7-5-13)16-10-21-17(18)19-16/h2-10H,1H3,(H2,18,19). The van der Waals surface area contributed by atoms with Crippen LogP contribution < -0.4 is 5.73 Å². The molecule has 0 aliphatic heterocycles. The summed E-state index contributed by atoms with van der Waals surface area (Å²) in [6.45, 7) is 2.04. The fourth-order valence-corrected chi connectivity index (χ4v) is 2.84. The van der Waals surface area contributed by atoms with Crippen molar-refractivity contribution in [1.29, 1.82) is 0 Å². The SMILES string of the molecule is Cc1ccc(C=O)cc1-c1ccc(-c2csc(N)n2)cc1. The van der Waals surface area contributed by atoms with Gasteiger partial charge in [-0.1, -0.05) is 36.4 Å². The Kier molecular flexibility index (Phi) is 3.54. The molecule has 0 unspecified atom stereocenters. The molecule has 0 bridgehead atoms. The van der Waals surface area contributed by atoms with Gasteiger partial charge in [-0.3, -0.25) is 4.79 Å². The van der Waals surface area contributed by atoms with E-state index in [4.69, 9.17) is 5.73 Å². The Morgan fingerprint density at radius 2 is 1.81 bits per heavy atom. The topological polar surface area (TPSA) is 56.0 Å². The van der Waals surface area contributed by atoms with Gasteiger partial charge in [0.15, 0.2) is 5.13 Å². The third kappa shape index (κ3) is 2.71. The van der Waals surface area contributed by atoms with Crippen molar-refractivity contribution in [3.8, 4) is 22.4 Å². The number of hydrogen-bond donors (Lipinski definition) is 1. The second kappa shape index (κ2) is 5.50. The molecule has 21 heavy (non-hydrogen) atoms. The molecular weight excluding hydrogens is 280 g/mol. The number of aryl methyl sites for hydroxylation is 1. The number of carbonyl (C=O) groups is 1. The molecule has 3 aromatic rings. The lowest BCUT2D eigenvalue weighted by atomic mass is 9.97. The average Bonchev–Trinajstić information content (AvgIpc) is 2.95. The Bertz CT molecular complexity index is 791. The summed E-state index contributed by atoms with van der Waals surface area (Å²) in [6, 6.07) is 13.8. The number of carbonyl (C=O) groups excluding carboxylic acids is 1. The molecule has 0 saturated carbocycles. The second-order valence-electron chi connectivity index (χ2n) is 4.84. The van der Waals surface area contributed by atoms with E-state index in [9.17, 15) is 4.79 Å². The predicted molar refractivity (Wildman–Crippen MR) is 87.5 cm³/mol. The maximum atomic E-state index is 10.9. The number of thiazole rings is 1. The van der Waals surface area contributed by atoms with Gasteiger partial charge in [-0.25, -0.2) is 4.98 Å². The molecule has 0 atom stereocenters. The van der Waals surface area contributed by atoms with Crippen molar-refractivity contribution in [1.82, 2.24) is 4.98 Å². The average molecular weight is 294 g/mol. The lowest BCUT2D eigenvalue weighted by Crippen LogP contribution is -1.88. The highest BCUT2D eigenvalue weighted by Crippen LogP contribution is 2.28. The van der Waals surface area contributed by atoms with E-state index in [1.165, 1.54) is 11.3 Å². The van der Waals surface area contributed by atoms with Crippen molar-refractivity contribution in [3.63, 3.8) is 0 Å².